The topological polar surface area (TPSA) is 67.2 Å². The highest BCUT2D eigenvalue weighted by Crippen LogP contribution is 2.18. The molecule has 0 N–H and O–H groups in total. The fraction of sp³-hybridized carbons (Fsp3) is 0.250. The number of hydrogen-bond acceptors (Lipinski definition) is 4. The average molecular weight is 217 g/mol. The smallest absolute Gasteiger partial charge is 0.338 e. The first kappa shape index (κ1) is 11.9. The van der Waals surface area contributed by atoms with Crippen molar-refractivity contribution in [3.63, 3.8) is 0 Å². The summed E-state index contributed by atoms with van der Waals surface area (Å²) >= 11 is 0. The minimum atomic E-state index is -0.531. The van der Waals surface area contributed by atoms with Gasteiger partial charge in [-0.05, 0) is 24.1 Å². The highest BCUT2D eigenvalue weighted by molar-refractivity contribution is 5.94. The Morgan fingerprint density at radius 1 is 1.56 bits per heavy atom. The van der Waals surface area contributed by atoms with Crippen molar-refractivity contribution >= 4 is 12.3 Å². The third kappa shape index (κ3) is 2.09. The molecule has 1 aromatic carbocycles. The Kier molecular flexibility index (Phi) is 3.78. The van der Waals surface area contributed by atoms with Gasteiger partial charge in [-0.3, -0.25) is 4.79 Å². The summed E-state index contributed by atoms with van der Waals surface area (Å²) < 4.78 is 4.61. The second-order valence-corrected chi connectivity index (χ2v) is 3.17. The van der Waals surface area contributed by atoms with Crippen LogP contribution in [0.4, 0.5) is 0 Å². The zero-order chi connectivity index (χ0) is 12.1. The molecule has 1 rings (SSSR count). The number of hydrogen-bond donors (Lipinski definition) is 0. The van der Waals surface area contributed by atoms with E-state index in [9.17, 15) is 9.59 Å². The van der Waals surface area contributed by atoms with E-state index in [0.717, 1.165) is 0 Å². The van der Waals surface area contributed by atoms with Crippen molar-refractivity contribution in [3.05, 3.63) is 34.4 Å². The van der Waals surface area contributed by atoms with Crippen LogP contribution in [0.1, 0.15) is 38.8 Å². The van der Waals surface area contributed by atoms with E-state index < -0.39 is 5.97 Å². The summed E-state index contributed by atoms with van der Waals surface area (Å²) in [7, 11) is 1.27. The molecule has 4 heteroatoms. The van der Waals surface area contributed by atoms with Crippen molar-refractivity contribution in [2.45, 2.75) is 13.3 Å². The lowest BCUT2D eigenvalue weighted by molar-refractivity contribution is 0.0599. The van der Waals surface area contributed by atoms with Crippen molar-refractivity contribution < 1.29 is 14.3 Å². The fourth-order valence-electron chi connectivity index (χ4n) is 1.54. The van der Waals surface area contributed by atoms with Gasteiger partial charge in [0, 0.05) is 5.56 Å². The quantitative estimate of drug-likeness (QED) is 0.571. The summed E-state index contributed by atoms with van der Waals surface area (Å²) in [6, 6.07) is 4.89. The Morgan fingerprint density at radius 3 is 2.69 bits per heavy atom. The average Bonchev–Trinajstić information content (AvgIpc) is 2.35. The van der Waals surface area contributed by atoms with Gasteiger partial charge in [0.15, 0.2) is 0 Å². The molecule has 0 fully saturated rings. The van der Waals surface area contributed by atoms with Crippen LogP contribution in [0, 0.1) is 11.3 Å². The van der Waals surface area contributed by atoms with Gasteiger partial charge in [-0.2, -0.15) is 5.26 Å². The number of esters is 1. The molecule has 0 saturated heterocycles. The van der Waals surface area contributed by atoms with E-state index in [-0.39, 0.29) is 5.56 Å². The predicted molar refractivity (Wildman–Crippen MR) is 57.3 cm³/mol. The largest absolute Gasteiger partial charge is 0.465 e. The number of rotatable bonds is 3. The summed E-state index contributed by atoms with van der Waals surface area (Å²) in [5.41, 5.74) is 1.53. The molecule has 0 amide bonds. The Morgan fingerprint density at radius 2 is 2.25 bits per heavy atom. The number of nitriles is 1. The van der Waals surface area contributed by atoms with E-state index in [0.29, 0.717) is 29.4 Å². The van der Waals surface area contributed by atoms with Crippen molar-refractivity contribution in [3.8, 4) is 6.07 Å². The van der Waals surface area contributed by atoms with E-state index >= 15 is 0 Å². The summed E-state index contributed by atoms with van der Waals surface area (Å²) in [4.78, 5) is 22.2. The van der Waals surface area contributed by atoms with Gasteiger partial charge < -0.3 is 4.74 Å². The lowest BCUT2D eigenvalue weighted by Gasteiger charge is -2.08. The van der Waals surface area contributed by atoms with Crippen LogP contribution in [-0.4, -0.2) is 19.4 Å². The molecule has 0 heterocycles. The number of nitrogens with zero attached hydrogens (tertiary/aromatic N) is 1. The number of carbonyl (C=O) groups is 2. The molecule has 0 bridgehead atoms. The lowest BCUT2D eigenvalue weighted by Crippen LogP contribution is -2.08. The Hall–Kier alpha value is -2.15. The van der Waals surface area contributed by atoms with Gasteiger partial charge >= 0.3 is 5.97 Å². The third-order valence-electron chi connectivity index (χ3n) is 2.29. The van der Waals surface area contributed by atoms with Crippen LogP contribution in [-0.2, 0) is 11.2 Å². The van der Waals surface area contributed by atoms with Gasteiger partial charge in [-0.1, -0.05) is 6.92 Å². The van der Waals surface area contributed by atoms with E-state index in [2.05, 4.69) is 4.74 Å². The molecule has 0 saturated carbocycles. The predicted octanol–water partition coefficient (Wildman–Crippen LogP) is 1.72. The number of aldehydes is 1. The number of ether oxygens (including phenoxy) is 1. The number of benzene rings is 1. The minimum absolute atomic E-state index is 0.283. The molecule has 0 radical (unpaired) electrons. The normalized spacial score (nSPS) is 9.31. The van der Waals surface area contributed by atoms with E-state index in [1.807, 2.05) is 13.0 Å². The first-order chi connectivity index (χ1) is 7.67. The molecular formula is C12H11NO3. The maximum atomic E-state index is 11.5. The van der Waals surface area contributed by atoms with Crippen molar-refractivity contribution in [1.82, 2.24) is 0 Å². The first-order valence-electron chi connectivity index (χ1n) is 4.78. The first-order valence-corrected chi connectivity index (χ1v) is 4.78. The maximum absolute atomic E-state index is 11.5. The Labute approximate surface area is 93.5 Å². The number of methoxy groups -OCH3 is 1. The van der Waals surface area contributed by atoms with Crippen LogP contribution >= 0.6 is 0 Å². The third-order valence-corrected chi connectivity index (χ3v) is 2.29. The fourth-order valence-corrected chi connectivity index (χ4v) is 1.54. The lowest BCUT2D eigenvalue weighted by atomic mass is 9.96. The zero-order valence-corrected chi connectivity index (χ0v) is 9.11. The highest BCUT2D eigenvalue weighted by atomic mass is 16.5. The van der Waals surface area contributed by atoms with Gasteiger partial charge in [-0.15, -0.1) is 0 Å². The van der Waals surface area contributed by atoms with Gasteiger partial charge in [0.2, 0.25) is 0 Å². The van der Waals surface area contributed by atoms with Crippen LogP contribution < -0.4 is 0 Å². The van der Waals surface area contributed by atoms with Crippen LogP contribution in [0.5, 0.6) is 0 Å². The SMILES string of the molecule is CCc1c(C#N)cc(C=O)cc1C(=O)OC. The monoisotopic (exact) mass is 217 g/mol. The summed E-state index contributed by atoms with van der Waals surface area (Å²) in [5.74, 6) is -0.531. The summed E-state index contributed by atoms with van der Waals surface area (Å²) in [6.45, 7) is 1.84. The minimum Gasteiger partial charge on any atom is -0.465 e. The molecule has 0 aliphatic heterocycles. The molecular weight excluding hydrogens is 206 g/mol. The van der Waals surface area contributed by atoms with Gasteiger partial charge in [0.1, 0.15) is 6.29 Å². The molecule has 1 aromatic rings. The number of carbonyl (C=O) groups excluding carboxylic acids is 2. The second kappa shape index (κ2) is 5.08. The molecule has 0 aliphatic carbocycles. The van der Waals surface area contributed by atoms with E-state index in [1.54, 1.807) is 0 Å². The molecule has 0 unspecified atom stereocenters. The molecule has 0 aromatic heterocycles. The van der Waals surface area contributed by atoms with Crippen LogP contribution in [0.15, 0.2) is 12.1 Å². The highest BCUT2D eigenvalue weighted by Gasteiger charge is 2.15. The molecule has 0 atom stereocenters. The second-order valence-electron chi connectivity index (χ2n) is 3.17. The molecule has 0 aliphatic rings. The van der Waals surface area contributed by atoms with Crippen molar-refractivity contribution in [2.24, 2.45) is 0 Å². The maximum Gasteiger partial charge on any atom is 0.338 e. The van der Waals surface area contributed by atoms with Gasteiger partial charge in [0.05, 0.1) is 24.3 Å². The summed E-state index contributed by atoms with van der Waals surface area (Å²) in [6.07, 6.45) is 1.14. The molecule has 0 spiro atoms. The Bertz CT molecular complexity index is 472. The van der Waals surface area contributed by atoms with Crippen molar-refractivity contribution in [1.29, 1.82) is 5.26 Å². The van der Waals surface area contributed by atoms with Crippen LogP contribution in [0.25, 0.3) is 0 Å². The zero-order valence-electron chi connectivity index (χ0n) is 9.11. The molecule has 82 valence electrons. The van der Waals surface area contributed by atoms with Crippen LogP contribution in [0.3, 0.4) is 0 Å². The molecule has 16 heavy (non-hydrogen) atoms. The standard InChI is InChI=1S/C12H11NO3/c1-3-10-9(6-13)4-8(7-14)5-11(10)12(15)16-2/h4-5,7H,3H2,1-2H3. The van der Waals surface area contributed by atoms with E-state index in [4.69, 9.17) is 5.26 Å². The Balaban J connectivity index is 3.50. The van der Waals surface area contributed by atoms with Crippen molar-refractivity contribution in [2.75, 3.05) is 7.11 Å². The van der Waals surface area contributed by atoms with E-state index in [1.165, 1.54) is 19.2 Å². The summed E-state index contributed by atoms with van der Waals surface area (Å²) in [5, 5.41) is 8.93. The van der Waals surface area contributed by atoms with Crippen LogP contribution in [0.2, 0.25) is 0 Å². The van der Waals surface area contributed by atoms with Gasteiger partial charge in [-0.25, -0.2) is 4.79 Å². The molecule has 4 nitrogen and oxygen atoms in total. The van der Waals surface area contributed by atoms with Gasteiger partial charge in [0.25, 0.3) is 0 Å².